The number of hydrogen-bond donors (Lipinski definition) is 1. The molecular formula is C12H16N4O3S2. The minimum atomic E-state index is -3.70. The lowest BCUT2D eigenvalue weighted by Gasteiger charge is -2.06. The van der Waals surface area contributed by atoms with Gasteiger partial charge >= 0.3 is 0 Å². The van der Waals surface area contributed by atoms with E-state index in [1.165, 1.54) is 35.7 Å². The molecule has 0 radical (unpaired) electrons. The van der Waals surface area contributed by atoms with E-state index in [0.717, 1.165) is 0 Å². The first-order chi connectivity index (χ1) is 9.66. The molecule has 2 aromatic rings. The van der Waals surface area contributed by atoms with Gasteiger partial charge in [0, 0.05) is 35.5 Å². The van der Waals surface area contributed by atoms with E-state index >= 15 is 0 Å². The van der Waals surface area contributed by atoms with Crippen LogP contribution < -0.4 is 4.72 Å². The topological polar surface area (TPSA) is 93.4 Å². The second-order valence-electron chi connectivity index (χ2n) is 4.78. The van der Waals surface area contributed by atoms with Crippen molar-refractivity contribution >= 4 is 31.1 Å². The zero-order chi connectivity index (χ0) is 15.7. The number of benzene rings is 1. The van der Waals surface area contributed by atoms with Crippen molar-refractivity contribution in [1.29, 1.82) is 0 Å². The summed E-state index contributed by atoms with van der Waals surface area (Å²) in [6.45, 7) is 0. The van der Waals surface area contributed by atoms with Crippen molar-refractivity contribution in [2.24, 2.45) is 11.4 Å². The van der Waals surface area contributed by atoms with Gasteiger partial charge in [-0.05, 0) is 18.2 Å². The third-order valence-corrected chi connectivity index (χ3v) is 4.40. The molecule has 1 heterocycles. The molecule has 2 rings (SSSR count). The molecule has 0 fully saturated rings. The van der Waals surface area contributed by atoms with Crippen LogP contribution in [0.2, 0.25) is 0 Å². The third kappa shape index (κ3) is 4.30. The van der Waals surface area contributed by atoms with Gasteiger partial charge in [0.2, 0.25) is 0 Å². The molecule has 0 aliphatic rings. The fourth-order valence-electron chi connectivity index (χ4n) is 1.63. The van der Waals surface area contributed by atoms with Crippen LogP contribution in [0.25, 0.3) is 0 Å². The van der Waals surface area contributed by atoms with Crippen LogP contribution in [0.4, 0.5) is 11.4 Å². The molecule has 0 saturated heterocycles. The van der Waals surface area contributed by atoms with Gasteiger partial charge in [-0.2, -0.15) is 9.46 Å². The third-order valence-electron chi connectivity index (χ3n) is 2.42. The summed E-state index contributed by atoms with van der Waals surface area (Å²) < 4.78 is 43.9. The average Bonchev–Trinajstić information content (AvgIpc) is 2.74. The van der Waals surface area contributed by atoms with Gasteiger partial charge in [0.05, 0.1) is 17.6 Å². The van der Waals surface area contributed by atoms with Gasteiger partial charge < -0.3 is 0 Å². The van der Waals surface area contributed by atoms with Crippen molar-refractivity contribution in [3.63, 3.8) is 0 Å². The van der Waals surface area contributed by atoms with Crippen LogP contribution in [0.1, 0.15) is 0 Å². The number of anilines is 1. The first kappa shape index (κ1) is 15.5. The van der Waals surface area contributed by atoms with Crippen molar-refractivity contribution in [1.82, 2.24) is 9.78 Å². The van der Waals surface area contributed by atoms with Gasteiger partial charge in [0.1, 0.15) is 4.90 Å². The maximum Gasteiger partial charge on any atom is 0.265 e. The van der Waals surface area contributed by atoms with E-state index in [2.05, 4.69) is 14.2 Å². The first-order valence-corrected chi connectivity index (χ1v) is 9.76. The Morgan fingerprint density at radius 3 is 2.52 bits per heavy atom. The van der Waals surface area contributed by atoms with Crippen molar-refractivity contribution < 1.29 is 12.6 Å². The predicted octanol–water partition coefficient (Wildman–Crippen LogP) is 1.58. The maximum absolute atomic E-state index is 12.2. The number of hydrogen-bond acceptors (Lipinski definition) is 5. The second kappa shape index (κ2) is 5.49. The molecule has 0 spiro atoms. The Bertz CT molecular complexity index is 869. The van der Waals surface area contributed by atoms with Crippen LogP contribution in [-0.4, -0.2) is 34.9 Å². The Labute approximate surface area is 124 Å². The van der Waals surface area contributed by atoms with E-state index in [1.54, 1.807) is 25.2 Å². The van der Waals surface area contributed by atoms with Crippen LogP contribution in [0.3, 0.4) is 0 Å². The molecular weight excluding hydrogens is 312 g/mol. The average molecular weight is 328 g/mol. The van der Waals surface area contributed by atoms with E-state index in [-0.39, 0.29) is 4.90 Å². The summed E-state index contributed by atoms with van der Waals surface area (Å²) in [5.41, 5.74) is 0.806. The Hall–Kier alpha value is -1.87. The van der Waals surface area contributed by atoms with Gasteiger partial charge in [-0.15, -0.1) is 0 Å². The minimum Gasteiger partial charge on any atom is -0.279 e. The summed E-state index contributed by atoms with van der Waals surface area (Å²) in [4.78, 5) is 0.0714. The first-order valence-electron chi connectivity index (χ1n) is 5.94. The maximum atomic E-state index is 12.2. The molecule has 1 aromatic heterocycles. The van der Waals surface area contributed by atoms with Crippen molar-refractivity contribution in [3.05, 3.63) is 36.7 Å². The zero-order valence-corrected chi connectivity index (χ0v) is 13.5. The Morgan fingerprint density at radius 2 is 1.95 bits per heavy atom. The van der Waals surface area contributed by atoms with Crippen LogP contribution in [0.15, 0.2) is 45.9 Å². The lowest BCUT2D eigenvalue weighted by Crippen LogP contribution is -2.12. The van der Waals surface area contributed by atoms with Crippen molar-refractivity contribution in [3.8, 4) is 0 Å². The lowest BCUT2D eigenvalue weighted by atomic mass is 10.3. The normalized spacial score (nSPS) is 12.1. The van der Waals surface area contributed by atoms with E-state index in [1.807, 2.05) is 0 Å². The molecule has 1 aromatic carbocycles. The zero-order valence-electron chi connectivity index (χ0n) is 11.8. The molecule has 1 N–H and O–H groups in total. The predicted molar refractivity (Wildman–Crippen MR) is 82.5 cm³/mol. The Morgan fingerprint density at radius 1 is 1.24 bits per heavy atom. The number of sulfonamides is 1. The molecule has 0 unspecified atom stereocenters. The van der Waals surface area contributed by atoms with Crippen LogP contribution in [-0.2, 0) is 26.8 Å². The summed E-state index contributed by atoms with van der Waals surface area (Å²) in [5, 5.41) is 3.83. The van der Waals surface area contributed by atoms with Gasteiger partial charge in [0.15, 0.2) is 0 Å². The van der Waals surface area contributed by atoms with Crippen molar-refractivity contribution in [2.45, 2.75) is 4.90 Å². The van der Waals surface area contributed by atoms with Crippen LogP contribution >= 0.6 is 0 Å². The molecule has 0 saturated carbocycles. The highest BCUT2D eigenvalue weighted by molar-refractivity contribution is 7.92. The van der Waals surface area contributed by atoms with Crippen LogP contribution in [0, 0.1) is 0 Å². The van der Waals surface area contributed by atoms with E-state index in [4.69, 9.17) is 0 Å². The summed E-state index contributed by atoms with van der Waals surface area (Å²) >= 11 is 0. The quantitative estimate of drug-likeness (QED) is 0.922. The van der Waals surface area contributed by atoms with E-state index in [9.17, 15) is 12.6 Å². The molecule has 21 heavy (non-hydrogen) atoms. The minimum absolute atomic E-state index is 0.0714. The van der Waals surface area contributed by atoms with Gasteiger partial charge in [-0.1, -0.05) is 6.07 Å². The summed E-state index contributed by atoms with van der Waals surface area (Å²) in [6.07, 6.45) is 5.70. The smallest absolute Gasteiger partial charge is 0.265 e. The number of nitrogens with one attached hydrogen (secondary N) is 1. The Kier molecular flexibility index (Phi) is 4.06. The molecule has 0 bridgehead atoms. The summed E-state index contributed by atoms with van der Waals surface area (Å²) in [6, 6.07) is 6.43. The molecule has 0 aliphatic carbocycles. The van der Waals surface area contributed by atoms with Gasteiger partial charge in [0.25, 0.3) is 10.0 Å². The Balaban J connectivity index is 2.32. The number of aryl methyl sites for hydroxylation is 1. The molecule has 9 heteroatoms. The summed E-state index contributed by atoms with van der Waals surface area (Å²) in [7, 11) is -4.36. The summed E-state index contributed by atoms with van der Waals surface area (Å²) in [5.74, 6) is 0. The largest absolute Gasteiger partial charge is 0.279 e. The lowest BCUT2D eigenvalue weighted by molar-refractivity contribution is 0.601. The highest BCUT2D eigenvalue weighted by atomic mass is 32.2. The fraction of sp³-hybridized carbons (Fsp3) is 0.250. The molecule has 114 valence electrons. The van der Waals surface area contributed by atoms with E-state index < -0.39 is 19.8 Å². The monoisotopic (exact) mass is 328 g/mol. The van der Waals surface area contributed by atoms with Crippen LogP contribution in [0.5, 0.6) is 0 Å². The highest BCUT2D eigenvalue weighted by Crippen LogP contribution is 2.21. The van der Waals surface area contributed by atoms with Gasteiger partial charge in [-0.25, -0.2) is 12.6 Å². The standard InChI is InChI=1S/C12H16N4O3S2/c1-16-9-12(8-13-16)21(18,19)15-11-6-4-5-10(7-11)14-20(2,3)17/h4-9,15H,1-3H3. The van der Waals surface area contributed by atoms with Gasteiger partial charge in [-0.3, -0.25) is 9.40 Å². The molecule has 0 aliphatic heterocycles. The number of rotatable bonds is 4. The highest BCUT2D eigenvalue weighted by Gasteiger charge is 2.16. The molecule has 0 atom stereocenters. The molecule has 7 nitrogen and oxygen atoms in total. The molecule has 0 amide bonds. The van der Waals surface area contributed by atoms with E-state index in [0.29, 0.717) is 11.4 Å². The second-order valence-corrected chi connectivity index (χ2v) is 9.01. The SMILES string of the molecule is Cn1cc(S(=O)(=O)Nc2cccc(N=S(C)(C)=O)c2)cn1. The number of aromatic nitrogens is 2. The number of nitrogens with zero attached hydrogens (tertiary/aromatic N) is 3. The van der Waals surface area contributed by atoms with Crippen molar-refractivity contribution in [2.75, 3.05) is 17.2 Å². The fourth-order valence-corrected chi connectivity index (χ4v) is 3.29.